The highest BCUT2D eigenvalue weighted by Gasteiger charge is 2.36. The number of alkyl halides is 1. The van der Waals surface area contributed by atoms with Gasteiger partial charge in [-0.25, -0.2) is 4.98 Å². The third-order valence-electron chi connectivity index (χ3n) is 6.89. The van der Waals surface area contributed by atoms with Crippen molar-refractivity contribution in [3.8, 4) is 0 Å². The van der Waals surface area contributed by atoms with Crippen molar-refractivity contribution in [3.63, 3.8) is 0 Å². The lowest BCUT2D eigenvalue weighted by molar-refractivity contribution is -0.125. The molecule has 9 nitrogen and oxygen atoms in total. The third kappa shape index (κ3) is 5.20. The number of anilines is 1. The highest BCUT2D eigenvalue weighted by atomic mass is 35.5. The smallest absolute Gasteiger partial charge is 0.270 e. The van der Waals surface area contributed by atoms with Gasteiger partial charge in [0.25, 0.3) is 5.91 Å². The van der Waals surface area contributed by atoms with Crippen LogP contribution in [-0.4, -0.2) is 62.3 Å². The number of nitrogens with one attached hydrogen (secondary N) is 3. The van der Waals surface area contributed by atoms with Gasteiger partial charge in [-0.05, 0) is 36.1 Å². The van der Waals surface area contributed by atoms with Gasteiger partial charge in [0.2, 0.25) is 5.91 Å². The SMILES string of the molecule is C=CC(=O)N1C[C@@H](CF)[C@@H](NC(=O)c2c(C)nc(CNc3n[nH]c4cc(Cl)c(C(C)(C)C)cc34)n2C)C1. The number of fused-ring (bicyclic) bond motifs is 1. The quantitative estimate of drug-likeness (QED) is 0.403. The molecule has 1 aliphatic rings. The molecule has 0 bridgehead atoms. The number of amides is 2. The van der Waals surface area contributed by atoms with E-state index in [-0.39, 0.29) is 30.3 Å². The minimum Gasteiger partial charge on any atom is -0.361 e. The van der Waals surface area contributed by atoms with Crippen LogP contribution in [0.1, 0.15) is 48.3 Å². The monoisotopic (exact) mass is 529 g/mol. The maximum absolute atomic E-state index is 13.6. The lowest BCUT2D eigenvalue weighted by Crippen LogP contribution is -2.42. The van der Waals surface area contributed by atoms with Crippen molar-refractivity contribution >= 4 is 40.1 Å². The highest BCUT2D eigenvalue weighted by molar-refractivity contribution is 6.32. The molecule has 0 saturated carbocycles. The van der Waals surface area contributed by atoms with Crippen LogP contribution in [0, 0.1) is 12.8 Å². The molecule has 198 valence electrons. The first kappa shape index (κ1) is 26.7. The van der Waals surface area contributed by atoms with Gasteiger partial charge in [0, 0.05) is 36.5 Å². The molecule has 0 radical (unpaired) electrons. The van der Waals surface area contributed by atoms with Gasteiger partial charge in [0.15, 0.2) is 5.82 Å². The fourth-order valence-corrected chi connectivity index (χ4v) is 5.26. The minimum atomic E-state index is -0.634. The number of imidazole rings is 1. The molecular formula is C26H33ClFN7O2. The number of hydrogen-bond acceptors (Lipinski definition) is 5. The molecule has 1 fully saturated rings. The summed E-state index contributed by atoms with van der Waals surface area (Å²) in [6.07, 6.45) is 1.20. The molecule has 4 rings (SSSR count). The molecule has 2 atom stereocenters. The molecule has 1 saturated heterocycles. The standard InChI is InChI=1S/C26H33ClFN7O2/c1-7-22(36)35-12-15(10-28)20(13-35)31-25(37)23-14(2)30-21(34(23)6)11-29-24-16-8-17(26(3,4)5)18(27)9-19(16)32-33-24/h7-9,15,20H,1,10-13H2,2-6H3,(H,31,37)(H2,29,32,33)/t15-,20+/m1/s1. The van der Waals surface area contributed by atoms with Crippen LogP contribution in [-0.2, 0) is 23.8 Å². The van der Waals surface area contributed by atoms with Gasteiger partial charge in [-0.2, -0.15) is 5.10 Å². The molecular weight excluding hydrogens is 497 g/mol. The van der Waals surface area contributed by atoms with E-state index >= 15 is 0 Å². The van der Waals surface area contributed by atoms with E-state index < -0.39 is 18.6 Å². The molecule has 3 aromatic rings. The van der Waals surface area contributed by atoms with Crippen molar-refractivity contribution in [2.24, 2.45) is 13.0 Å². The topological polar surface area (TPSA) is 108 Å². The summed E-state index contributed by atoms with van der Waals surface area (Å²) in [5.74, 6) is 0.197. The van der Waals surface area contributed by atoms with Gasteiger partial charge in [0.05, 0.1) is 30.5 Å². The zero-order valence-electron chi connectivity index (χ0n) is 21.8. The van der Waals surface area contributed by atoms with Crippen molar-refractivity contribution < 1.29 is 14.0 Å². The maximum Gasteiger partial charge on any atom is 0.270 e. The number of halogens is 2. The molecule has 0 aliphatic carbocycles. The van der Waals surface area contributed by atoms with E-state index in [0.717, 1.165) is 16.5 Å². The van der Waals surface area contributed by atoms with Gasteiger partial charge < -0.3 is 20.1 Å². The molecule has 3 N–H and O–H groups in total. The zero-order chi connectivity index (χ0) is 27.1. The molecule has 37 heavy (non-hydrogen) atoms. The second-order valence-corrected chi connectivity index (χ2v) is 10.9. The molecule has 2 aromatic heterocycles. The van der Waals surface area contributed by atoms with E-state index in [0.29, 0.717) is 34.6 Å². The van der Waals surface area contributed by atoms with Gasteiger partial charge in [0.1, 0.15) is 11.5 Å². The van der Waals surface area contributed by atoms with Gasteiger partial charge in [-0.3, -0.25) is 19.1 Å². The van der Waals surface area contributed by atoms with Crippen LogP contribution in [0.3, 0.4) is 0 Å². The Balaban J connectivity index is 1.50. The minimum absolute atomic E-state index is 0.130. The van der Waals surface area contributed by atoms with Crippen LogP contribution in [0.2, 0.25) is 5.02 Å². The third-order valence-corrected chi connectivity index (χ3v) is 7.20. The van der Waals surface area contributed by atoms with Crippen molar-refractivity contribution in [1.29, 1.82) is 0 Å². The summed E-state index contributed by atoms with van der Waals surface area (Å²) in [5.41, 5.74) is 2.65. The van der Waals surface area contributed by atoms with E-state index in [2.05, 4.69) is 53.2 Å². The first-order valence-corrected chi connectivity index (χ1v) is 12.5. The maximum atomic E-state index is 13.6. The summed E-state index contributed by atoms with van der Waals surface area (Å²) in [6.45, 7) is 11.7. The van der Waals surface area contributed by atoms with E-state index in [4.69, 9.17) is 11.6 Å². The number of benzene rings is 1. The molecule has 3 heterocycles. The summed E-state index contributed by atoms with van der Waals surface area (Å²) < 4.78 is 15.3. The summed E-state index contributed by atoms with van der Waals surface area (Å²) in [5, 5.41) is 15.2. The van der Waals surface area contributed by atoms with E-state index in [9.17, 15) is 14.0 Å². The Labute approximate surface area is 220 Å². The summed E-state index contributed by atoms with van der Waals surface area (Å²) >= 11 is 6.49. The highest BCUT2D eigenvalue weighted by Crippen LogP contribution is 2.34. The fraction of sp³-hybridized carbons (Fsp3) is 0.462. The van der Waals surface area contributed by atoms with Crippen LogP contribution in [0.5, 0.6) is 0 Å². The number of hydrogen-bond donors (Lipinski definition) is 3. The van der Waals surface area contributed by atoms with Crippen molar-refractivity contribution in [1.82, 2.24) is 30.0 Å². The summed E-state index contributed by atoms with van der Waals surface area (Å²) in [4.78, 5) is 31.2. The lowest BCUT2D eigenvalue weighted by atomic mass is 9.86. The van der Waals surface area contributed by atoms with Gasteiger partial charge in [-0.15, -0.1) is 0 Å². The normalized spacial score (nSPS) is 17.9. The predicted molar refractivity (Wildman–Crippen MR) is 143 cm³/mol. The van der Waals surface area contributed by atoms with Crippen molar-refractivity contribution in [2.45, 2.75) is 45.7 Å². The second kappa shape index (κ2) is 10.2. The van der Waals surface area contributed by atoms with Crippen LogP contribution >= 0.6 is 11.6 Å². The Hall–Kier alpha value is -3.40. The first-order valence-electron chi connectivity index (χ1n) is 12.2. The molecule has 0 spiro atoms. The fourth-order valence-electron chi connectivity index (χ4n) is 4.82. The van der Waals surface area contributed by atoms with Gasteiger partial charge in [-0.1, -0.05) is 39.0 Å². The van der Waals surface area contributed by atoms with Crippen molar-refractivity contribution in [3.05, 3.63) is 52.6 Å². The average Bonchev–Trinajstić information content (AvgIpc) is 3.50. The van der Waals surface area contributed by atoms with Crippen LogP contribution < -0.4 is 10.6 Å². The number of nitrogens with zero attached hydrogens (tertiary/aromatic N) is 4. The number of rotatable bonds is 7. The number of carbonyl (C=O) groups excluding carboxylic acids is 2. The van der Waals surface area contributed by atoms with E-state index in [1.54, 1.807) is 18.5 Å². The molecule has 1 aliphatic heterocycles. The lowest BCUT2D eigenvalue weighted by Gasteiger charge is -2.20. The second-order valence-electron chi connectivity index (χ2n) is 10.5. The number of aryl methyl sites for hydroxylation is 1. The van der Waals surface area contributed by atoms with E-state index in [1.165, 1.54) is 11.0 Å². The Kier molecular flexibility index (Phi) is 7.32. The van der Waals surface area contributed by atoms with E-state index in [1.807, 2.05) is 12.1 Å². The van der Waals surface area contributed by atoms with Crippen LogP contribution in [0.15, 0.2) is 24.8 Å². The number of likely N-dealkylation sites (tertiary alicyclic amines) is 1. The van der Waals surface area contributed by atoms with Crippen LogP contribution in [0.25, 0.3) is 10.9 Å². The summed E-state index contributed by atoms with van der Waals surface area (Å²) in [6, 6.07) is 3.42. The Morgan fingerprint density at radius 2 is 2.05 bits per heavy atom. The predicted octanol–water partition coefficient (Wildman–Crippen LogP) is 3.88. The number of aromatic nitrogens is 4. The van der Waals surface area contributed by atoms with Gasteiger partial charge >= 0.3 is 0 Å². The Bertz CT molecular complexity index is 1360. The number of aromatic amines is 1. The summed E-state index contributed by atoms with van der Waals surface area (Å²) in [7, 11) is 1.76. The molecule has 11 heteroatoms. The average molecular weight is 530 g/mol. The number of carbonyl (C=O) groups is 2. The molecule has 2 amide bonds. The van der Waals surface area contributed by atoms with Crippen molar-refractivity contribution in [2.75, 3.05) is 25.1 Å². The molecule has 0 unspecified atom stereocenters. The zero-order valence-corrected chi connectivity index (χ0v) is 22.5. The molecule has 1 aromatic carbocycles. The number of H-pyrrole nitrogens is 1. The van der Waals surface area contributed by atoms with Crippen LogP contribution in [0.4, 0.5) is 10.2 Å². The Morgan fingerprint density at radius 1 is 1.32 bits per heavy atom. The Morgan fingerprint density at radius 3 is 2.70 bits per heavy atom. The first-order chi connectivity index (χ1) is 17.4. The largest absolute Gasteiger partial charge is 0.361 e.